The normalized spacial score (nSPS) is 10.5. The van der Waals surface area contributed by atoms with Crippen molar-refractivity contribution in [2.75, 3.05) is 21.2 Å². The number of carbonyl (C=O) groups excluding carboxylic acids is 1. The molecule has 5 heteroatoms. The van der Waals surface area contributed by atoms with Gasteiger partial charge in [-0.25, -0.2) is 0 Å². The first-order valence-corrected chi connectivity index (χ1v) is 6.68. The molecule has 0 saturated heterocycles. The number of nitrogens with zero attached hydrogens (tertiary/aromatic N) is 2. The molecule has 0 aliphatic heterocycles. The van der Waals surface area contributed by atoms with Crippen molar-refractivity contribution < 1.29 is 9.53 Å². The second-order valence-electron chi connectivity index (χ2n) is 4.38. The molecule has 0 spiro atoms. The number of hydrogen-bond donors (Lipinski definition) is 0. The Morgan fingerprint density at radius 1 is 1.26 bits per heavy atom. The molecule has 0 radical (unpaired) electrons. The van der Waals surface area contributed by atoms with E-state index in [1.807, 2.05) is 31.2 Å². The highest BCUT2D eigenvalue weighted by molar-refractivity contribution is 8.13. The third-order valence-corrected chi connectivity index (χ3v) is 3.83. The van der Waals surface area contributed by atoms with Crippen LogP contribution in [0.15, 0.2) is 29.2 Å². The monoisotopic (exact) mass is 276 g/mol. The maximum absolute atomic E-state index is 11.9. The summed E-state index contributed by atoms with van der Waals surface area (Å²) in [5.74, 6) is 0.672. The minimum atomic E-state index is -0.0471. The Hall–Kier alpha value is -1.75. The Kier molecular flexibility index (Phi) is 3.95. The predicted molar refractivity (Wildman–Crippen MR) is 78.0 cm³/mol. The molecule has 0 aliphatic carbocycles. The fraction of sp³-hybridized carbons (Fsp3) is 0.286. The predicted octanol–water partition coefficient (Wildman–Crippen LogP) is 3.33. The van der Waals surface area contributed by atoms with Gasteiger partial charge in [-0.3, -0.25) is 9.78 Å². The second kappa shape index (κ2) is 5.48. The van der Waals surface area contributed by atoms with Crippen LogP contribution in [0, 0.1) is 6.92 Å². The quantitative estimate of drug-likeness (QED) is 0.789. The molecule has 1 aromatic heterocycles. The molecule has 19 heavy (non-hydrogen) atoms. The summed E-state index contributed by atoms with van der Waals surface area (Å²) in [6, 6.07) is 7.77. The number of methoxy groups -OCH3 is 1. The number of hydrogen-bond acceptors (Lipinski definition) is 4. The third kappa shape index (κ3) is 2.81. The highest BCUT2D eigenvalue weighted by Crippen LogP contribution is 2.36. The van der Waals surface area contributed by atoms with E-state index < -0.39 is 0 Å². The molecular formula is C14H16N2O2S. The van der Waals surface area contributed by atoms with Gasteiger partial charge < -0.3 is 9.64 Å². The van der Waals surface area contributed by atoms with Crippen LogP contribution >= 0.6 is 11.8 Å². The van der Waals surface area contributed by atoms with Crippen LogP contribution < -0.4 is 4.74 Å². The maximum atomic E-state index is 11.9. The topological polar surface area (TPSA) is 42.4 Å². The summed E-state index contributed by atoms with van der Waals surface area (Å²) in [6.45, 7) is 1.93. The largest absolute Gasteiger partial charge is 0.495 e. The standard InChI is InChI=1S/C14H16N2O2S/c1-9-5-6-10-7-8-11(18-4)13(12(10)15-9)19-14(17)16(2)3/h5-8H,1-4H3. The lowest BCUT2D eigenvalue weighted by atomic mass is 10.2. The van der Waals surface area contributed by atoms with Crippen molar-refractivity contribution >= 4 is 27.9 Å². The van der Waals surface area contributed by atoms with Gasteiger partial charge in [0.1, 0.15) is 5.75 Å². The van der Waals surface area contributed by atoms with Crippen LogP contribution in [0.1, 0.15) is 5.69 Å². The molecule has 4 nitrogen and oxygen atoms in total. The number of fused-ring (bicyclic) bond motifs is 1. The molecule has 2 aromatic rings. The molecule has 0 aliphatic rings. The van der Waals surface area contributed by atoms with Crippen molar-refractivity contribution in [3.8, 4) is 5.75 Å². The Bertz CT molecular complexity index is 626. The zero-order valence-electron chi connectivity index (χ0n) is 11.4. The van der Waals surface area contributed by atoms with E-state index in [1.165, 1.54) is 0 Å². The average Bonchev–Trinajstić information content (AvgIpc) is 2.39. The van der Waals surface area contributed by atoms with Crippen LogP contribution in [0.25, 0.3) is 10.9 Å². The average molecular weight is 276 g/mol. The summed E-state index contributed by atoms with van der Waals surface area (Å²) in [6.07, 6.45) is 0. The van der Waals surface area contributed by atoms with Crippen molar-refractivity contribution in [1.29, 1.82) is 0 Å². The number of aromatic nitrogens is 1. The van der Waals surface area contributed by atoms with Crippen molar-refractivity contribution in [2.45, 2.75) is 11.8 Å². The van der Waals surface area contributed by atoms with Gasteiger partial charge in [0, 0.05) is 25.2 Å². The van der Waals surface area contributed by atoms with Crippen LogP contribution in [0.3, 0.4) is 0 Å². The van der Waals surface area contributed by atoms with Crippen LogP contribution in [0.5, 0.6) is 5.75 Å². The lowest BCUT2D eigenvalue weighted by molar-refractivity contribution is 0.241. The molecule has 0 unspecified atom stereocenters. The Labute approximate surface area is 116 Å². The van der Waals surface area contributed by atoms with Gasteiger partial charge in [0.15, 0.2) is 0 Å². The molecule has 1 aromatic carbocycles. The first kappa shape index (κ1) is 13.7. The van der Waals surface area contributed by atoms with Crippen LogP contribution in [0.4, 0.5) is 4.79 Å². The molecule has 100 valence electrons. The number of amides is 1. The highest BCUT2D eigenvalue weighted by Gasteiger charge is 2.16. The highest BCUT2D eigenvalue weighted by atomic mass is 32.2. The van der Waals surface area contributed by atoms with Gasteiger partial charge in [-0.15, -0.1) is 0 Å². The minimum absolute atomic E-state index is 0.0471. The summed E-state index contributed by atoms with van der Waals surface area (Å²) >= 11 is 1.14. The molecule has 0 N–H and O–H groups in total. The summed E-state index contributed by atoms with van der Waals surface area (Å²) in [4.78, 5) is 18.7. The number of benzene rings is 1. The van der Waals surface area contributed by atoms with E-state index in [2.05, 4.69) is 4.98 Å². The number of carbonyl (C=O) groups is 1. The van der Waals surface area contributed by atoms with E-state index in [9.17, 15) is 4.79 Å². The molecule has 1 amide bonds. The fourth-order valence-corrected chi connectivity index (χ4v) is 2.55. The fourth-order valence-electron chi connectivity index (χ4n) is 1.68. The van der Waals surface area contributed by atoms with E-state index in [1.54, 1.807) is 26.1 Å². The molecule has 0 bridgehead atoms. The summed E-state index contributed by atoms with van der Waals surface area (Å²) in [5, 5.41) is 0.953. The lowest BCUT2D eigenvalue weighted by Crippen LogP contribution is -2.16. The smallest absolute Gasteiger partial charge is 0.286 e. The van der Waals surface area contributed by atoms with Crippen LogP contribution in [-0.2, 0) is 0 Å². The zero-order chi connectivity index (χ0) is 14.0. The Balaban J connectivity index is 2.60. The molecule has 1 heterocycles. The van der Waals surface area contributed by atoms with Crippen molar-refractivity contribution in [3.05, 3.63) is 30.0 Å². The number of ether oxygens (including phenoxy) is 1. The SMILES string of the molecule is COc1ccc2ccc(C)nc2c1SC(=O)N(C)C. The summed E-state index contributed by atoms with van der Waals surface area (Å²) in [7, 11) is 5.05. The van der Waals surface area contributed by atoms with E-state index in [0.29, 0.717) is 5.75 Å². The van der Waals surface area contributed by atoms with Crippen molar-refractivity contribution in [3.63, 3.8) is 0 Å². The van der Waals surface area contributed by atoms with E-state index in [4.69, 9.17) is 4.74 Å². The van der Waals surface area contributed by atoms with Gasteiger partial charge in [-0.05, 0) is 36.9 Å². The third-order valence-electron chi connectivity index (χ3n) is 2.69. The first-order chi connectivity index (χ1) is 9.02. The molecule has 2 rings (SSSR count). The summed E-state index contributed by atoms with van der Waals surface area (Å²) in [5.41, 5.74) is 1.72. The second-order valence-corrected chi connectivity index (χ2v) is 5.35. The van der Waals surface area contributed by atoms with E-state index in [-0.39, 0.29) is 5.24 Å². The van der Waals surface area contributed by atoms with Gasteiger partial charge >= 0.3 is 0 Å². The Morgan fingerprint density at radius 3 is 2.58 bits per heavy atom. The van der Waals surface area contributed by atoms with E-state index >= 15 is 0 Å². The number of thioether (sulfide) groups is 1. The van der Waals surface area contributed by atoms with E-state index in [0.717, 1.165) is 33.3 Å². The first-order valence-electron chi connectivity index (χ1n) is 5.86. The lowest BCUT2D eigenvalue weighted by Gasteiger charge is -2.13. The molecule has 0 fully saturated rings. The van der Waals surface area contributed by atoms with Crippen molar-refractivity contribution in [1.82, 2.24) is 9.88 Å². The van der Waals surface area contributed by atoms with Gasteiger partial charge in [0.05, 0.1) is 17.5 Å². The minimum Gasteiger partial charge on any atom is -0.495 e. The maximum Gasteiger partial charge on any atom is 0.286 e. The molecule has 0 atom stereocenters. The van der Waals surface area contributed by atoms with Crippen LogP contribution in [0.2, 0.25) is 0 Å². The zero-order valence-corrected chi connectivity index (χ0v) is 12.2. The molecule has 0 saturated carbocycles. The number of aryl methyl sites for hydroxylation is 1. The van der Waals surface area contributed by atoms with Crippen LogP contribution in [-0.4, -0.2) is 36.3 Å². The van der Waals surface area contributed by atoms with Crippen molar-refractivity contribution in [2.24, 2.45) is 0 Å². The number of pyridine rings is 1. The summed E-state index contributed by atoms with van der Waals surface area (Å²) < 4.78 is 5.34. The van der Waals surface area contributed by atoms with Gasteiger partial charge in [0.2, 0.25) is 0 Å². The van der Waals surface area contributed by atoms with Gasteiger partial charge in [-0.1, -0.05) is 6.07 Å². The molecular weight excluding hydrogens is 260 g/mol. The Morgan fingerprint density at radius 2 is 1.95 bits per heavy atom. The van der Waals surface area contributed by atoms with Gasteiger partial charge in [0.25, 0.3) is 5.24 Å². The number of rotatable bonds is 2. The van der Waals surface area contributed by atoms with Gasteiger partial charge in [-0.2, -0.15) is 0 Å².